The van der Waals surface area contributed by atoms with Gasteiger partial charge in [-0.2, -0.15) is 0 Å². The summed E-state index contributed by atoms with van der Waals surface area (Å²) in [6.07, 6.45) is 1.23. The first-order valence-electron chi connectivity index (χ1n) is 4.86. The van der Waals surface area contributed by atoms with E-state index in [0.717, 1.165) is 11.3 Å². The molecular weight excluding hydrogens is 246 g/mol. The van der Waals surface area contributed by atoms with E-state index in [2.05, 4.69) is 4.98 Å². The highest BCUT2D eigenvalue weighted by Gasteiger charge is 2.19. The summed E-state index contributed by atoms with van der Waals surface area (Å²) in [5.41, 5.74) is 5.05. The second-order valence-corrected chi connectivity index (χ2v) is 4.16. The van der Waals surface area contributed by atoms with Crippen LogP contribution in [0.1, 0.15) is 19.5 Å². The highest BCUT2D eigenvalue weighted by Crippen LogP contribution is 2.14. The van der Waals surface area contributed by atoms with Crippen molar-refractivity contribution in [3.63, 3.8) is 0 Å². The van der Waals surface area contributed by atoms with Crippen molar-refractivity contribution in [3.8, 4) is 0 Å². The fourth-order valence-electron chi connectivity index (χ4n) is 1.18. The Morgan fingerprint density at radius 3 is 2.35 bits per heavy atom. The molecule has 0 saturated heterocycles. The number of hydrogen-bond donors (Lipinski definition) is 3. The maximum absolute atomic E-state index is 11.9. The molecule has 0 bridgehead atoms. The summed E-state index contributed by atoms with van der Waals surface area (Å²) in [4.78, 5) is 27.9. The number of nitrogens with zero attached hydrogens (tertiary/aromatic N) is 2. The van der Waals surface area contributed by atoms with Gasteiger partial charge in [0.05, 0.1) is 19.4 Å². The molecule has 0 aromatic carbocycles. The lowest BCUT2D eigenvalue weighted by molar-refractivity contribution is 0.0684. The fourth-order valence-corrected chi connectivity index (χ4v) is 1.91. The number of aromatic nitrogens is 1. The van der Waals surface area contributed by atoms with Crippen LogP contribution in [0.25, 0.3) is 0 Å². The van der Waals surface area contributed by atoms with E-state index in [1.165, 1.54) is 11.1 Å². The van der Waals surface area contributed by atoms with Crippen molar-refractivity contribution in [2.75, 3.05) is 26.3 Å². The number of thiazole rings is 1. The molecule has 0 aliphatic carbocycles. The number of carbonyl (C=O) groups excluding carboxylic acids is 2. The Labute approximate surface area is 101 Å². The minimum absolute atomic E-state index is 0.102. The fraction of sp³-hybridized carbons (Fsp3) is 0.444. The van der Waals surface area contributed by atoms with Gasteiger partial charge in [0.15, 0.2) is 5.01 Å². The standard InChI is InChI=1S/C9H13N3O4S/c10-7(15)6-5-11-8(17-6)9(16)12(1-3-13)2-4-14/h5,13-14H,1-4H2,(H2,10,15). The molecule has 2 amide bonds. The molecule has 0 spiro atoms. The van der Waals surface area contributed by atoms with E-state index in [0.29, 0.717) is 0 Å². The van der Waals surface area contributed by atoms with E-state index in [9.17, 15) is 9.59 Å². The molecule has 0 aliphatic heterocycles. The molecule has 4 N–H and O–H groups in total. The summed E-state index contributed by atoms with van der Waals surface area (Å²) >= 11 is 0.889. The molecule has 1 aromatic heterocycles. The third kappa shape index (κ3) is 3.48. The zero-order valence-corrected chi connectivity index (χ0v) is 9.81. The van der Waals surface area contributed by atoms with Crippen LogP contribution in [0.2, 0.25) is 0 Å². The van der Waals surface area contributed by atoms with Crippen LogP contribution in [0.5, 0.6) is 0 Å². The quantitative estimate of drug-likeness (QED) is 0.585. The zero-order valence-electron chi connectivity index (χ0n) is 9.00. The van der Waals surface area contributed by atoms with Crippen LogP contribution in [-0.4, -0.2) is 58.2 Å². The maximum atomic E-state index is 11.9. The van der Waals surface area contributed by atoms with Crippen molar-refractivity contribution in [2.45, 2.75) is 0 Å². The summed E-state index contributed by atoms with van der Waals surface area (Å²) in [6.45, 7) is -0.213. The van der Waals surface area contributed by atoms with Crippen molar-refractivity contribution in [1.29, 1.82) is 0 Å². The highest BCUT2D eigenvalue weighted by molar-refractivity contribution is 7.15. The average molecular weight is 259 g/mol. The number of aliphatic hydroxyl groups is 2. The van der Waals surface area contributed by atoms with Gasteiger partial charge in [-0.3, -0.25) is 9.59 Å². The molecule has 1 rings (SSSR count). The number of carbonyl (C=O) groups is 2. The van der Waals surface area contributed by atoms with Crippen LogP contribution in [0.4, 0.5) is 0 Å². The molecule has 1 heterocycles. The van der Waals surface area contributed by atoms with E-state index in [1.54, 1.807) is 0 Å². The third-order valence-corrected chi connectivity index (χ3v) is 2.96. The van der Waals surface area contributed by atoms with Gasteiger partial charge in [-0.15, -0.1) is 11.3 Å². The van der Waals surface area contributed by atoms with E-state index in [4.69, 9.17) is 15.9 Å². The van der Waals surface area contributed by atoms with Crippen LogP contribution >= 0.6 is 11.3 Å². The largest absolute Gasteiger partial charge is 0.395 e. The number of nitrogens with two attached hydrogens (primary N) is 1. The molecule has 0 saturated carbocycles. The van der Waals surface area contributed by atoms with Gasteiger partial charge in [-0.05, 0) is 0 Å². The number of amides is 2. The van der Waals surface area contributed by atoms with E-state index in [-0.39, 0.29) is 36.2 Å². The van der Waals surface area contributed by atoms with Gasteiger partial charge in [-0.1, -0.05) is 0 Å². The third-order valence-electron chi connectivity index (χ3n) is 1.96. The first kappa shape index (κ1) is 13.6. The Bertz CT molecular complexity index is 401. The second-order valence-electron chi connectivity index (χ2n) is 3.13. The predicted octanol–water partition coefficient (Wildman–Crippen LogP) is -1.33. The summed E-state index contributed by atoms with van der Waals surface area (Å²) in [5.74, 6) is -1.08. The Morgan fingerprint density at radius 1 is 1.35 bits per heavy atom. The highest BCUT2D eigenvalue weighted by atomic mass is 32.1. The molecule has 1 aromatic rings. The lowest BCUT2D eigenvalue weighted by Gasteiger charge is -2.18. The molecule has 7 nitrogen and oxygen atoms in total. The second kappa shape index (κ2) is 6.28. The van der Waals surface area contributed by atoms with Crippen LogP contribution in [0.3, 0.4) is 0 Å². The normalized spacial score (nSPS) is 10.2. The summed E-state index contributed by atoms with van der Waals surface area (Å²) in [6, 6.07) is 0. The molecule has 0 radical (unpaired) electrons. The lowest BCUT2D eigenvalue weighted by Crippen LogP contribution is -2.35. The number of rotatable bonds is 6. The molecule has 0 fully saturated rings. The summed E-state index contributed by atoms with van der Waals surface area (Å²) < 4.78 is 0. The lowest BCUT2D eigenvalue weighted by atomic mass is 10.4. The van der Waals surface area contributed by atoms with E-state index < -0.39 is 11.8 Å². The number of hydrogen-bond acceptors (Lipinski definition) is 6. The SMILES string of the molecule is NC(=O)c1cnc(C(=O)N(CCO)CCO)s1. The Hall–Kier alpha value is -1.51. The minimum atomic E-state index is -0.641. The first-order chi connectivity index (χ1) is 8.10. The van der Waals surface area contributed by atoms with E-state index >= 15 is 0 Å². The van der Waals surface area contributed by atoms with Gasteiger partial charge in [-0.25, -0.2) is 4.98 Å². The Morgan fingerprint density at radius 2 is 1.94 bits per heavy atom. The van der Waals surface area contributed by atoms with Gasteiger partial charge in [0.25, 0.3) is 11.8 Å². The molecule has 0 atom stereocenters. The van der Waals surface area contributed by atoms with Crippen molar-refractivity contribution < 1.29 is 19.8 Å². The number of primary amides is 1. The number of aliphatic hydroxyl groups excluding tert-OH is 2. The summed E-state index contributed by atoms with van der Waals surface area (Å²) in [5, 5.41) is 17.7. The monoisotopic (exact) mass is 259 g/mol. The summed E-state index contributed by atoms with van der Waals surface area (Å²) in [7, 11) is 0. The first-order valence-corrected chi connectivity index (χ1v) is 5.68. The van der Waals surface area contributed by atoms with Gasteiger partial charge in [0.2, 0.25) is 0 Å². The van der Waals surface area contributed by atoms with Crippen molar-refractivity contribution in [3.05, 3.63) is 16.1 Å². The van der Waals surface area contributed by atoms with Crippen molar-refractivity contribution >= 4 is 23.2 Å². The molecule has 94 valence electrons. The molecule has 0 aliphatic rings. The minimum Gasteiger partial charge on any atom is -0.395 e. The average Bonchev–Trinajstić information content (AvgIpc) is 2.77. The van der Waals surface area contributed by atoms with Gasteiger partial charge in [0, 0.05) is 13.1 Å². The maximum Gasteiger partial charge on any atom is 0.283 e. The van der Waals surface area contributed by atoms with E-state index in [1.807, 2.05) is 0 Å². The van der Waals surface area contributed by atoms with Crippen molar-refractivity contribution in [2.24, 2.45) is 5.73 Å². The predicted molar refractivity (Wildman–Crippen MR) is 60.7 cm³/mol. The topological polar surface area (TPSA) is 117 Å². The Balaban J connectivity index is 2.81. The Kier molecular flexibility index (Phi) is 5.01. The molecule has 8 heteroatoms. The smallest absolute Gasteiger partial charge is 0.283 e. The zero-order chi connectivity index (χ0) is 12.8. The van der Waals surface area contributed by atoms with Crippen LogP contribution in [-0.2, 0) is 0 Å². The molecular formula is C9H13N3O4S. The molecule has 17 heavy (non-hydrogen) atoms. The van der Waals surface area contributed by atoms with Crippen LogP contribution in [0.15, 0.2) is 6.20 Å². The van der Waals surface area contributed by atoms with Gasteiger partial charge in [0.1, 0.15) is 4.88 Å². The van der Waals surface area contributed by atoms with Gasteiger partial charge >= 0.3 is 0 Å². The molecule has 0 unspecified atom stereocenters. The van der Waals surface area contributed by atoms with Crippen molar-refractivity contribution in [1.82, 2.24) is 9.88 Å². The van der Waals surface area contributed by atoms with Crippen LogP contribution in [0, 0.1) is 0 Å². The van der Waals surface area contributed by atoms with Gasteiger partial charge < -0.3 is 20.8 Å². The van der Waals surface area contributed by atoms with Crippen LogP contribution < -0.4 is 5.73 Å².